The number of aromatic nitrogens is 2. The van der Waals surface area contributed by atoms with Gasteiger partial charge in [0.15, 0.2) is 0 Å². The van der Waals surface area contributed by atoms with Crippen molar-refractivity contribution in [3.8, 4) is 16.9 Å². The Labute approximate surface area is 195 Å². The molecule has 0 unspecified atom stereocenters. The van der Waals surface area contributed by atoms with Gasteiger partial charge in [0.05, 0.1) is 12.8 Å². The van der Waals surface area contributed by atoms with Crippen molar-refractivity contribution in [3.05, 3.63) is 66.0 Å². The summed E-state index contributed by atoms with van der Waals surface area (Å²) in [7, 11) is 9.50. The number of carbonyl (C=O) groups excluding carboxylic acids is 1. The molecule has 7 nitrogen and oxygen atoms in total. The Hall–Kier alpha value is -3.61. The minimum absolute atomic E-state index is 0.0640. The summed E-state index contributed by atoms with van der Waals surface area (Å²) in [4.78, 5) is 28.6. The molecule has 0 bridgehead atoms. The lowest BCUT2D eigenvalue weighted by atomic mass is 9.96. The fraction of sp³-hybridized carbons (Fsp3) is 0.346. The van der Waals surface area contributed by atoms with E-state index in [1.54, 1.807) is 7.11 Å². The third-order valence-electron chi connectivity index (χ3n) is 6.08. The molecule has 2 heterocycles. The highest BCUT2D eigenvalue weighted by atomic mass is 16.5. The van der Waals surface area contributed by atoms with Gasteiger partial charge in [0.25, 0.3) is 5.91 Å². The van der Waals surface area contributed by atoms with Gasteiger partial charge < -0.3 is 19.4 Å². The van der Waals surface area contributed by atoms with Crippen LogP contribution in [0.15, 0.2) is 54.7 Å². The number of amides is 1. The monoisotopic (exact) mass is 445 g/mol. The molecule has 0 spiro atoms. The fourth-order valence-corrected chi connectivity index (χ4v) is 4.17. The molecule has 1 aliphatic rings. The van der Waals surface area contributed by atoms with Gasteiger partial charge in [0.1, 0.15) is 5.75 Å². The van der Waals surface area contributed by atoms with Gasteiger partial charge in [-0.3, -0.25) is 4.79 Å². The van der Waals surface area contributed by atoms with Gasteiger partial charge in [-0.2, -0.15) is 0 Å². The minimum Gasteiger partial charge on any atom is -0.497 e. The molecule has 0 aliphatic carbocycles. The normalized spacial score (nSPS) is 15.4. The zero-order chi connectivity index (χ0) is 23.5. The molecule has 0 saturated carbocycles. The zero-order valence-corrected chi connectivity index (χ0v) is 19.9. The highest BCUT2D eigenvalue weighted by Gasteiger charge is 2.31. The van der Waals surface area contributed by atoms with E-state index in [1.807, 2.05) is 97.6 Å². The summed E-state index contributed by atoms with van der Waals surface area (Å²) >= 11 is 0. The van der Waals surface area contributed by atoms with E-state index in [2.05, 4.69) is 4.98 Å². The number of hydrogen-bond acceptors (Lipinski definition) is 6. The Kier molecular flexibility index (Phi) is 6.49. The van der Waals surface area contributed by atoms with Crippen LogP contribution < -0.4 is 14.5 Å². The van der Waals surface area contributed by atoms with E-state index < -0.39 is 0 Å². The third-order valence-corrected chi connectivity index (χ3v) is 6.08. The molecule has 4 rings (SSSR count). The van der Waals surface area contributed by atoms with Crippen molar-refractivity contribution < 1.29 is 9.53 Å². The number of methoxy groups -OCH3 is 1. The molecule has 1 aromatic heterocycles. The Morgan fingerprint density at radius 2 is 1.82 bits per heavy atom. The van der Waals surface area contributed by atoms with Gasteiger partial charge in [0, 0.05) is 70.2 Å². The third kappa shape index (κ3) is 4.77. The van der Waals surface area contributed by atoms with E-state index in [9.17, 15) is 4.79 Å². The number of hydrogen-bond donors (Lipinski definition) is 0. The van der Waals surface area contributed by atoms with Crippen molar-refractivity contribution in [2.45, 2.75) is 12.3 Å². The van der Waals surface area contributed by atoms with E-state index in [0.29, 0.717) is 24.6 Å². The summed E-state index contributed by atoms with van der Waals surface area (Å²) in [6.45, 7) is 1.34. The average molecular weight is 446 g/mol. The highest BCUT2D eigenvalue weighted by molar-refractivity contribution is 5.95. The second-order valence-corrected chi connectivity index (χ2v) is 8.77. The maximum absolute atomic E-state index is 13.3. The molecule has 1 fully saturated rings. The second-order valence-electron chi connectivity index (χ2n) is 8.77. The lowest BCUT2D eigenvalue weighted by Crippen LogP contribution is -2.28. The smallest absolute Gasteiger partial charge is 0.253 e. The number of anilines is 2. The summed E-state index contributed by atoms with van der Waals surface area (Å²) in [6.07, 6.45) is 2.76. The van der Waals surface area contributed by atoms with Crippen molar-refractivity contribution in [2.24, 2.45) is 0 Å². The first-order chi connectivity index (χ1) is 15.9. The number of ether oxygens (including phenoxy) is 1. The minimum atomic E-state index is 0.0640. The van der Waals surface area contributed by atoms with Crippen LogP contribution in [0.4, 0.5) is 11.6 Å². The molecular formula is C26H31N5O2. The number of carbonyl (C=O) groups is 1. The van der Waals surface area contributed by atoms with Crippen molar-refractivity contribution in [3.63, 3.8) is 0 Å². The predicted octanol–water partition coefficient (Wildman–Crippen LogP) is 3.91. The first-order valence-corrected chi connectivity index (χ1v) is 11.1. The lowest BCUT2D eigenvalue weighted by molar-refractivity contribution is 0.0790. The first kappa shape index (κ1) is 22.6. The SMILES string of the molecule is COc1ccc(-c2cnc(N(C)C)nc2[C@@H]2CCN(C(=O)c3cccc(N(C)C)c3)C2)cc1. The van der Waals surface area contributed by atoms with E-state index in [0.717, 1.165) is 34.7 Å². The average Bonchev–Trinajstić information content (AvgIpc) is 3.33. The van der Waals surface area contributed by atoms with Crippen molar-refractivity contribution >= 4 is 17.5 Å². The highest BCUT2D eigenvalue weighted by Crippen LogP contribution is 2.35. The van der Waals surface area contributed by atoms with E-state index in [-0.39, 0.29) is 11.8 Å². The summed E-state index contributed by atoms with van der Waals surface area (Å²) in [5.41, 5.74) is 4.76. The zero-order valence-electron chi connectivity index (χ0n) is 19.9. The molecule has 7 heteroatoms. The van der Waals surface area contributed by atoms with Crippen molar-refractivity contribution in [1.82, 2.24) is 14.9 Å². The molecule has 1 saturated heterocycles. The van der Waals surface area contributed by atoms with Crippen LogP contribution in [0.2, 0.25) is 0 Å². The van der Waals surface area contributed by atoms with E-state index >= 15 is 0 Å². The Morgan fingerprint density at radius 3 is 2.48 bits per heavy atom. The molecule has 2 aromatic carbocycles. The lowest BCUT2D eigenvalue weighted by Gasteiger charge is -2.20. The van der Waals surface area contributed by atoms with Gasteiger partial charge in [0.2, 0.25) is 5.95 Å². The van der Waals surface area contributed by atoms with Crippen LogP contribution in [0.25, 0.3) is 11.1 Å². The van der Waals surface area contributed by atoms with Crippen LogP contribution in [0.3, 0.4) is 0 Å². The van der Waals surface area contributed by atoms with E-state index in [4.69, 9.17) is 9.72 Å². The Bertz CT molecular complexity index is 1130. The van der Waals surface area contributed by atoms with Crippen LogP contribution >= 0.6 is 0 Å². The number of rotatable bonds is 6. The van der Waals surface area contributed by atoms with Gasteiger partial charge in [-0.25, -0.2) is 9.97 Å². The molecule has 33 heavy (non-hydrogen) atoms. The summed E-state index contributed by atoms with van der Waals surface area (Å²) in [5.74, 6) is 1.69. The Morgan fingerprint density at radius 1 is 1.06 bits per heavy atom. The maximum atomic E-state index is 13.3. The number of benzene rings is 2. The van der Waals surface area contributed by atoms with Crippen LogP contribution in [0.1, 0.15) is 28.4 Å². The van der Waals surface area contributed by atoms with Crippen LogP contribution in [-0.4, -0.2) is 69.2 Å². The summed E-state index contributed by atoms with van der Waals surface area (Å²) in [5, 5.41) is 0. The fourth-order valence-electron chi connectivity index (χ4n) is 4.17. The molecule has 0 N–H and O–H groups in total. The second kappa shape index (κ2) is 9.48. The van der Waals surface area contributed by atoms with Gasteiger partial charge >= 0.3 is 0 Å². The van der Waals surface area contributed by atoms with Gasteiger partial charge in [-0.1, -0.05) is 18.2 Å². The molecule has 1 amide bonds. The number of likely N-dealkylation sites (tertiary alicyclic amines) is 1. The summed E-state index contributed by atoms with van der Waals surface area (Å²) < 4.78 is 5.31. The molecule has 1 aliphatic heterocycles. The standard InChI is InChI=1S/C26H31N5O2/c1-29(2)21-8-6-7-19(15-21)25(32)31-14-13-20(17-31)24-23(16-27-26(28-24)30(3)4)18-9-11-22(33-5)12-10-18/h6-12,15-16,20H,13-14,17H2,1-5H3/t20-/m1/s1. The molecule has 172 valence electrons. The Balaban J connectivity index is 1.62. The summed E-state index contributed by atoms with van der Waals surface area (Å²) in [6, 6.07) is 15.7. The van der Waals surface area contributed by atoms with Crippen LogP contribution in [-0.2, 0) is 0 Å². The molecule has 3 aromatic rings. The number of nitrogens with zero attached hydrogens (tertiary/aromatic N) is 5. The quantitative estimate of drug-likeness (QED) is 0.573. The van der Waals surface area contributed by atoms with Gasteiger partial charge in [-0.15, -0.1) is 0 Å². The molecule has 1 atom stereocenters. The first-order valence-electron chi connectivity index (χ1n) is 11.1. The van der Waals surface area contributed by atoms with Crippen molar-refractivity contribution in [1.29, 1.82) is 0 Å². The van der Waals surface area contributed by atoms with Crippen LogP contribution in [0.5, 0.6) is 5.75 Å². The van der Waals surface area contributed by atoms with E-state index in [1.165, 1.54) is 0 Å². The van der Waals surface area contributed by atoms with Gasteiger partial charge in [-0.05, 0) is 42.3 Å². The van der Waals surface area contributed by atoms with Crippen LogP contribution in [0, 0.1) is 0 Å². The predicted molar refractivity (Wildman–Crippen MR) is 132 cm³/mol. The topological polar surface area (TPSA) is 61.8 Å². The maximum Gasteiger partial charge on any atom is 0.253 e. The van der Waals surface area contributed by atoms with Crippen molar-refractivity contribution in [2.75, 3.05) is 58.2 Å². The largest absolute Gasteiger partial charge is 0.497 e. The molecular weight excluding hydrogens is 414 g/mol. The molecule has 0 radical (unpaired) electrons.